The summed E-state index contributed by atoms with van der Waals surface area (Å²) in [4.78, 5) is 3.76. The molecular weight excluding hydrogens is 227 g/mol. The minimum Gasteiger partial charge on any atom is -0.493 e. The first kappa shape index (κ1) is 12.2. The van der Waals surface area contributed by atoms with Gasteiger partial charge >= 0.3 is 6.18 Å². The van der Waals surface area contributed by atoms with Crippen molar-refractivity contribution in [1.82, 2.24) is 4.98 Å². The Labute approximate surface area is 89.8 Å². The summed E-state index contributed by atoms with van der Waals surface area (Å²) in [6.45, 7) is 1.86. The number of hydrogen-bond acceptors (Lipinski definition) is 3. The smallest absolute Gasteiger partial charge is 0.437 e. The second-order valence-corrected chi connectivity index (χ2v) is 3.93. The van der Waals surface area contributed by atoms with Gasteiger partial charge in [-0.3, -0.25) is 0 Å². The number of halogens is 3. The Kier molecular flexibility index (Phi) is 3.84. The third-order valence-corrected chi connectivity index (χ3v) is 2.56. The normalized spacial score (nSPS) is 11.5. The second-order valence-electron chi connectivity index (χ2n) is 2.62. The van der Waals surface area contributed by atoms with Crippen molar-refractivity contribution >= 4 is 11.8 Å². The van der Waals surface area contributed by atoms with Gasteiger partial charge in [-0.25, -0.2) is 4.98 Å². The number of hydrogen-bond donors (Lipinski definition) is 0. The topological polar surface area (TPSA) is 22.1 Å². The lowest BCUT2D eigenvalue weighted by Gasteiger charge is -2.13. The molecule has 84 valence electrons. The molecule has 0 saturated heterocycles. The molecule has 1 aromatic heterocycles. The van der Waals surface area contributed by atoms with Crippen molar-refractivity contribution < 1.29 is 17.9 Å². The standard InChI is InChI=1S/C9H10F3NOS/c1-3-15-6-4-5-13-8(7(6)14-2)9(10,11)12/h4-5H,3H2,1-2H3. The molecular formula is C9H10F3NOS. The number of ether oxygens (including phenoxy) is 1. The van der Waals surface area contributed by atoms with Crippen LogP contribution in [0.4, 0.5) is 13.2 Å². The average Bonchev–Trinajstić information content (AvgIpc) is 2.16. The Morgan fingerprint density at radius 3 is 2.60 bits per heavy atom. The Morgan fingerprint density at radius 2 is 2.13 bits per heavy atom. The summed E-state index contributed by atoms with van der Waals surface area (Å²) >= 11 is 1.29. The van der Waals surface area contributed by atoms with Crippen molar-refractivity contribution in [2.45, 2.75) is 18.0 Å². The van der Waals surface area contributed by atoms with Gasteiger partial charge in [0.2, 0.25) is 0 Å². The number of pyridine rings is 1. The number of rotatable bonds is 3. The predicted molar refractivity (Wildman–Crippen MR) is 52.2 cm³/mol. The van der Waals surface area contributed by atoms with Gasteiger partial charge in [-0.05, 0) is 11.8 Å². The van der Waals surface area contributed by atoms with E-state index < -0.39 is 11.9 Å². The molecule has 1 heterocycles. The fourth-order valence-corrected chi connectivity index (χ4v) is 1.88. The van der Waals surface area contributed by atoms with Gasteiger partial charge in [-0.2, -0.15) is 13.2 Å². The largest absolute Gasteiger partial charge is 0.493 e. The molecule has 0 N–H and O–H groups in total. The monoisotopic (exact) mass is 237 g/mol. The van der Waals surface area contributed by atoms with Gasteiger partial charge in [0.25, 0.3) is 0 Å². The molecule has 1 aromatic rings. The Bertz CT molecular complexity index is 341. The van der Waals surface area contributed by atoms with Gasteiger partial charge in [0.1, 0.15) is 0 Å². The quantitative estimate of drug-likeness (QED) is 0.753. The second kappa shape index (κ2) is 4.74. The van der Waals surface area contributed by atoms with Gasteiger partial charge in [-0.15, -0.1) is 11.8 Å². The maximum atomic E-state index is 12.5. The molecule has 0 spiro atoms. The van der Waals surface area contributed by atoms with E-state index in [-0.39, 0.29) is 5.75 Å². The number of nitrogens with zero attached hydrogens (tertiary/aromatic N) is 1. The van der Waals surface area contributed by atoms with Gasteiger partial charge < -0.3 is 4.74 Å². The van der Waals surface area contributed by atoms with Crippen molar-refractivity contribution in [3.05, 3.63) is 18.0 Å². The first-order chi connectivity index (χ1) is 7.00. The summed E-state index contributed by atoms with van der Waals surface area (Å²) < 4.78 is 42.3. The Balaban J connectivity index is 3.22. The van der Waals surface area contributed by atoms with Crippen LogP contribution >= 0.6 is 11.8 Å². The molecule has 6 heteroatoms. The first-order valence-electron chi connectivity index (χ1n) is 4.23. The molecule has 0 saturated carbocycles. The molecule has 0 aromatic carbocycles. The van der Waals surface area contributed by atoms with Crippen molar-refractivity contribution in [3.63, 3.8) is 0 Å². The molecule has 0 atom stereocenters. The summed E-state index contributed by atoms with van der Waals surface area (Å²) in [6.07, 6.45) is -3.33. The summed E-state index contributed by atoms with van der Waals surface area (Å²) in [6, 6.07) is 1.52. The maximum absolute atomic E-state index is 12.5. The molecule has 15 heavy (non-hydrogen) atoms. The van der Waals surface area contributed by atoms with Crippen molar-refractivity contribution in [1.29, 1.82) is 0 Å². The molecule has 0 amide bonds. The molecule has 0 aliphatic rings. The van der Waals surface area contributed by atoms with Crippen LogP contribution in [0, 0.1) is 0 Å². The lowest BCUT2D eigenvalue weighted by atomic mass is 10.3. The fourth-order valence-electron chi connectivity index (χ4n) is 1.10. The number of aromatic nitrogens is 1. The van der Waals surface area contributed by atoms with Crippen LogP contribution in [0.2, 0.25) is 0 Å². The lowest BCUT2D eigenvalue weighted by Crippen LogP contribution is -2.10. The van der Waals surface area contributed by atoms with E-state index in [1.165, 1.54) is 24.9 Å². The van der Waals surface area contributed by atoms with Crippen LogP contribution in [0.1, 0.15) is 12.6 Å². The van der Waals surface area contributed by atoms with Crippen molar-refractivity contribution in [3.8, 4) is 5.75 Å². The number of alkyl halides is 3. The highest BCUT2D eigenvalue weighted by Gasteiger charge is 2.37. The lowest BCUT2D eigenvalue weighted by molar-refractivity contribution is -0.142. The van der Waals surface area contributed by atoms with Crippen molar-refractivity contribution in [2.24, 2.45) is 0 Å². The van der Waals surface area contributed by atoms with E-state index in [0.717, 1.165) is 6.20 Å². The molecule has 0 aliphatic heterocycles. The van der Waals surface area contributed by atoms with E-state index in [1.807, 2.05) is 6.92 Å². The van der Waals surface area contributed by atoms with Crippen LogP contribution in [0.15, 0.2) is 17.2 Å². The van der Waals surface area contributed by atoms with E-state index in [1.54, 1.807) is 0 Å². The Morgan fingerprint density at radius 1 is 1.47 bits per heavy atom. The van der Waals surface area contributed by atoms with Crippen LogP contribution < -0.4 is 4.74 Å². The highest BCUT2D eigenvalue weighted by atomic mass is 32.2. The van der Waals surface area contributed by atoms with Gasteiger partial charge in [0.05, 0.1) is 12.0 Å². The van der Waals surface area contributed by atoms with Gasteiger partial charge in [0.15, 0.2) is 11.4 Å². The fraction of sp³-hybridized carbons (Fsp3) is 0.444. The summed E-state index contributed by atoms with van der Waals surface area (Å²) in [7, 11) is 1.21. The molecule has 0 aliphatic carbocycles. The number of thioether (sulfide) groups is 1. The minimum absolute atomic E-state index is 0.197. The SMILES string of the molecule is CCSc1ccnc(C(F)(F)F)c1OC. The molecule has 0 unspecified atom stereocenters. The van der Waals surface area contributed by atoms with Crippen LogP contribution in [0.25, 0.3) is 0 Å². The highest BCUT2D eigenvalue weighted by molar-refractivity contribution is 7.99. The van der Waals surface area contributed by atoms with E-state index in [2.05, 4.69) is 4.98 Å². The van der Waals surface area contributed by atoms with E-state index in [4.69, 9.17) is 4.74 Å². The summed E-state index contributed by atoms with van der Waals surface area (Å²) in [5.41, 5.74) is -0.969. The molecule has 0 fully saturated rings. The van der Waals surface area contributed by atoms with Gasteiger partial charge in [-0.1, -0.05) is 6.92 Å². The van der Waals surface area contributed by atoms with E-state index >= 15 is 0 Å². The van der Waals surface area contributed by atoms with Crippen LogP contribution in [-0.4, -0.2) is 17.8 Å². The maximum Gasteiger partial charge on any atom is 0.437 e. The highest BCUT2D eigenvalue weighted by Crippen LogP contribution is 2.39. The summed E-state index contributed by atoms with van der Waals surface area (Å²) in [5, 5.41) is 0. The predicted octanol–water partition coefficient (Wildman–Crippen LogP) is 3.22. The first-order valence-corrected chi connectivity index (χ1v) is 5.22. The third kappa shape index (κ3) is 2.77. The molecule has 1 rings (SSSR count). The molecule has 0 radical (unpaired) electrons. The molecule has 2 nitrogen and oxygen atoms in total. The van der Waals surface area contributed by atoms with Crippen LogP contribution in [0.3, 0.4) is 0 Å². The minimum atomic E-state index is -4.48. The van der Waals surface area contributed by atoms with E-state index in [9.17, 15) is 13.2 Å². The van der Waals surface area contributed by atoms with Crippen LogP contribution in [0.5, 0.6) is 5.75 Å². The zero-order valence-corrected chi connectivity index (χ0v) is 9.08. The zero-order valence-electron chi connectivity index (χ0n) is 8.26. The number of methoxy groups -OCH3 is 1. The van der Waals surface area contributed by atoms with Crippen LogP contribution in [-0.2, 0) is 6.18 Å². The van der Waals surface area contributed by atoms with Crippen molar-refractivity contribution in [2.75, 3.05) is 12.9 Å². The Hall–Kier alpha value is -0.910. The third-order valence-electron chi connectivity index (χ3n) is 1.64. The van der Waals surface area contributed by atoms with Gasteiger partial charge in [0, 0.05) is 6.20 Å². The van der Waals surface area contributed by atoms with E-state index in [0.29, 0.717) is 10.6 Å². The summed E-state index contributed by atoms with van der Waals surface area (Å²) in [5.74, 6) is 0.481. The zero-order chi connectivity index (χ0) is 11.5. The average molecular weight is 237 g/mol. The molecule has 0 bridgehead atoms.